The van der Waals surface area contributed by atoms with Crippen LogP contribution in [0.15, 0.2) is 54.6 Å². The van der Waals surface area contributed by atoms with Crippen molar-refractivity contribution in [2.75, 3.05) is 13.2 Å². The van der Waals surface area contributed by atoms with Gasteiger partial charge in [0.1, 0.15) is 0 Å². The number of allylic oxidation sites excluding steroid dienone is 1. The van der Waals surface area contributed by atoms with Crippen LogP contribution in [0.1, 0.15) is 34.3 Å². The minimum Gasteiger partial charge on any atom is -0.465 e. The van der Waals surface area contributed by atoms with Crippen molar-refractivity contribution in [1.82, 2.24) is 5.32 Å². The van der Waals surface area contributed by atoms with Gasteiger partial charge in [0, 0.05) is 28.1 Å². The summed E-state index contributed by atoms with van der Waals surface area (Å²) in [6.07, 6.45) is 2.78. The molecule has 0 spiro atoms. The highest BCUT2D eigenvalue weighted by molar-refractivity contribution is 6.35. The monoisotopic (exact) mass is 443 g/mol. The van der Waals surface area contributed by atoms with Crippen LogP contribution >= 0.6 is 23.2 Å². The third-order valence-corrected chi connectivity index (χ3v) is 6.72. The summed E-state index contributed by atoms with van der Waals surface area (Å²) < 4.78 is 5.34. The molecule has 0 bridgehead atoms. The first kappa shape index (κ1) is 21.0. The molecule has 4 rings (SSSR count). The number of fused-ring (bicyclic) bond motifs is 1. The van der Waals surface area contributed by atoms with Gasteiger partial charge in [-0.15, -0.1) is 0 Å². The highest BCUT2D eigenvalue weighted by Crippen LogP contribution is 2.52. The van der Waals surface area contributed by atoms with Crippen molar-refractivity contribution in [1.29, 1.82) is 0 Å². The molecule has 0 radical (unpaired) electrons. The zero-order valence-electron chi connectivity index (χ0n) is 16.5. The minimum absolute atomic E-state index is 0.117. The lowest BCUT2D eigenvalue weighted by Crippen LogP contribution is -2.31. The second-order valence-corrected chi connectivity index (χ2v) is 9.04. The molecule has 1 saturated heterocycles. The number of benzene rings is 2. The van der Waals surface area contributed by atoms with E-state index in [1.54, 1.807) is 24.3 Å². The summed E-state index contributed by atoms with van der Waals surface area (Å²) >= 11 is 12.1. The third-order valence-electron chi connectivity index (χ3n) is 6.13. The largest absolute Gasteiger partial charge is 0.465 e. The molecule has 1 aliphatic carbocycles. The molecule has 30 heavy (non-hydrogen) atoms. The van der Waals surface area contributed by atoms with Crippen molar-refractivity contribution in [3.63, 3.8) is 0 Å². The Morgan fingerprint density at radius 1 is 1.20 bits per heavy atom. The van der Waals surface area contributed by atoms with Crippen LogP contribution in [-0.2, 0) is 22.4 Å². The van der Waals surface area contributed by atoms with E-state index in [0.717, 1.165) is 23.1 Å². The summed E-state index contributed by atoms with van der Waals surface area (Å²) in [7, 11) is 0. The van der Waals surface area contributed by atoms with E-state index in [-0.39, 0.29) is 17.8 Å². The van der Waals surface area contributed by atoms with Crippen molar-refractivity contribution in [2.45, 2.75) is 25.7 Å². The van der Waals surface area contributed by atoms with Crippen LogP contribution < -0.4 is 5.32 Å². The number of cyclic esters (lactones) is 1. The van der Waals surface area contributed by atoms with Gasteiger partial charge in [0.2, 0.25) is 0 Å². The van der Waals surface area contributed by atoms with Crippen LogP contribution in [-0.4, -0.2) is 25.0 Å². The van der Waals surface area contributed by atoms with Gasteiger partial charge in [0.15, 0.2) is 0 Å². The van der Waals surface area contributed by atoms with Crippen molar-refractivity contribution < 1.29 is 14.3 Å². The number of carbonyl (C=O) groups excluding carboxylic acids is 2. The number of carbonyl (C=O) groups is 2. The average Bonchev–Trinajstić information content (AvgIpc) is 3.18. The standard InChI is InChI=1S/C24H23Cl2NO3/c1-15-10-19-14-30-23(29)24(19,12-15)13-16-2-4-18(5-3-16)22(28)27-9-8-17-6-7-20(25)11-21(17)26/h2-7,11,19H,1,8-10,12-14H2,(H,27,28)/t19-,24+/m1/s1. The molecular weight excluding hydrogens is 421 g/mol. The smallest absolute Gasteiger partial charge is 0.313 e. The molecule has 1 aliphatic heterocycles. The van der Waals surface area contributed by atoms with Crippen LogP contribution in [0.4, 0.5) is 0 Å². The number of esters is 1. The summed E-state index contributed by atoms with van der Waals surface area (Å²) in [5, 5.41) is 4.10. The highest BCUT2D eigenvalue weighted by Gasteiger charge is 2.55. The first-order valence-corrected chi connectivity index (χ1v) is 10.8. The molecule has 4 nitrogen and oxygen atoms in total. The maximum atomic E-state index is 12.5. The van der Waals surface area contributed by atoms with E-state index >= 15 is 0 Å². The molecule has 1 amide bonds. The molecule has 2 aromatic rings. The van der Waals surface area contributed by atoms with Gasteiger partial charge in [0.25, 0.3) is 5.91 Å². The summed E-state index contributed by atoms with van der Waals surface area (Å²) in [6, 6.07) is 12.8. The second-order valence-electron chi connectivity index (χ2n) is 8.20. The first-order valence-electron chi connectivity index (χ1n) is 10.0. The Morgan fingerprint density at radius 2 is 1.97 bits per heavy atom. The van der Waals surface area contributed by atoms with E-state index in [1.807, 2.05) is 18.2 Å². The zero-order valence-corrected chi connectivity index (χ0v) is 18.1. The van der Waals surface area contributed by atoms with Gasteiger partial charge in [-0.05, 0) is 61.1 Å². The van der Waals surface area contributed by atoms with E-state index in [9.17, 15) is 9.59 Å². The molecule has 1 N–H and O–H groups in total. The Bertz CT molecular complexity index is 1000. The van der Waals surface area contributed by atoms with Gasteiger partial charge in [-0.25, -0.2) is 0 Å². The van der Waals surface area contributed by atoms with E-state index in [2.05, 4.69) is 11.9 Å². The Kier molecular flexibility index (Phi) is 5.90. The second kappa shape index (κ2) is 8.44. The molecular formula is C24H23Cl2NO3. The lowest BCUT2D eigenvalue weighted by molar-refractivity contribution is -0.146. The Morgan fingerprint density at radius 3 is 2.70 bits per heavy atom. The van der Waals surface area contributed by atoms with Crippen LogP contribution in [0.25, 0.3) is 0 Å². The number of rotatable bonds is 6. The quantitative estimate of drug-likeness (QED) is 0.503. The fourth-order valence-electron chi connectivity index (χ4n) is 4.54. The number of hydrogen-bond acceptors (Lipinski definition) is 3. The van der Waals surface area contributed by atoms with E-state index in [1.165, 1.54) is 0 Å². The Hall–Kier alpha value is -2.30. The predicted octanol–water partition coefficient (Wildman–Crippen LogP) is 5.02. The summed E-state index contributed by atoms with van der Waals surface area (Å²) in [4.78, 5) is 24.9. The number of halogens is 2. The fraction of sp³-hybridized carbons (Fsp3) is 0.333. The van der Waals surface area contributed by atoms with Gasteiger partial charge in [-0.2, -0.15) is 0 Å². The molecule has 0 aromatic heterocycles. The molecule has 0 unspecified atom stereocenters. The number of nitrogens with one attached hydrogen (secondary N) is 1. The Labute approximate surface area is 186 Å². The lowest BCUT2D eigenvalue weighted by Gasteiger charge is -2.24. The van der Waals surface area contributed by atoms with E-state index in [0.29, 0.717) is 48.0 Å². The maximum absolute atomic E-state index is 12.5. The molecule has 2 aliphatic rings. The number of amides is 1. The predicted molar refractivity (Wildman–Crippen MR) is 118 cm³/mol. The molecule has 1 heterocycles. The van der Waals surface area contributed by atoms with Crippen molar-refractivity contribution in [3.8, 4) is 0 Å². The number of ether oxygens (including phenoxy) is 1. The van der Waals surface area contributed by atoms with Gasteiger partial charge in [-0.1, -0.05) is 53.6 Å². The molecule has 2 fully saturated rings. The SMILES string of the molecule is C=C1C[C@@H]2COC(=O)[C@]2(Cc2ccc(C(=O)NCCc3ccc(Cl)cc3Cl)cc2)C1. The molecule has 156 valence electrons. The number of hydrogen-bond donors (Lipinski definition) is 1. The highest BCUT2D eigenvalue weighted by atomic mass is 35.5. The van der Waals surface area contributed by atoms with Crippen LogP contribution in [0.2, 0.25) is 10.0 Å². The molecule has 1 saturated carbocycles. The van der Waals surface area contributed by atoms with E-state index in [4.69, 9.17) is 27.9 Å². The summed E-state index contributed by atoms with van der Waals surface area (Å²) in [6.45, 7) is 5.03. The third kappa shape index (κ3) is 4.12. The maximum Gasteiger partial charge on any atom is 0.313 e. The van der Waals surface area contributed by atoms with Gasteiger partial charge >= 0.3 is 5.97 Å². The fourth-order valence-corrected chi connectivity index (χ4v) is 5.04. The van der Waals surface area contributed by atoms with Crippen LogP contribution in [0, 0.1) is 11.3 Å². The van der Waals surface area contributed by atoms with Gasteiger partial charge in [0.05, 0.1) is 12.0 Å². The first-order chi connectivity index (χ1) is 14.4. The van der Waals surface area contributed by atoms with E-state index < -0.39 is 5.41 Å². The van der Waals surface area contributed by atoms with Crippen molar-refractivity contribution in [3.05, 3.63) is 81.4 Å². The van der Waals surface area contributed by atoms with Crippen molar-refractivity contribution in [2.24, 2.45) is 11.3 Å². The molecule has 2 aromatic carbocycles. The lowest BCUT2D eigenvalue weighted by atomic mass is 9.75. The summed E-state index contributed by atoms with van der Waals surface area (Å²) in [5.74, 6) is -0.0498. The van der Waals surface area contributed by atoms with Crippen LogP contribution in [0.3, 0.4) is 0 Å². The summed E-state index contributed by atoms with van der Waals surface area (Å²) in [5.41, 5.74) is 3.18. The average molecular weight is 444 g/mol. The van der Waals surface area contributed by atoms with Crippen molar-refractivity contribution >= 4 is 35.1 Å². The molecule has 6 heteroatoms. The normalized spacial score (nSPS) is 22.7. The Balaban J connectivity index is 1.36. The van der Waals surface area contributed by atoms with Gasteiger partial charge < -0.3 is 10.1 Å². The topological polar surface area (TPSA) is 55.4 Å². The van der Waals surface area contributed by atoms with Gasteiger partial charge in [-0.3, -0.25) is 9.59 Å². The van der Waals surface area contributed by atoms with Crippen LogP contribution in [0.5, 0.6) is 0 Å². The molecule has 2 atom stereocenters. The zero-order chi connectivity index (χ0) is 21.3. The minimum atomic E-state index is -0.487.